The predicted octanol–water partition coefficient (Wildman–Crippen LogP) is 2.65. The van der Waals surface area contributed by atoms with Gasteiger partial charge in [-0.05, 0) is 30.7 Å². The lowest BCUT2D eigenvalue weighted by Crippen LogP contribution is -2.06. The summed E-state index contributed by atoms with van der Waals surface area (Å²) in [5, 5.41) is 12.0. The number of carbonyl (C=O) groups is 1. The number of unbranched alkanes of at least 4 members (excludes halogenated alkanes) is 2. The summed E-state index contributed by atoms with van der Waals surface area (Å²) in [7, 11) is 0. The minimum Gasteiger partial charge on any atom is -0.462 e. The third-order valence-corrected chi connectivity index (χ3v) is 2.13. The molecule has 0 aromatic heterocycles. The molecule has 0 radical (unpaired) electrons. The van der Waals surface area contributed by atoms with E-state index in [-0.39, 0.29) is 5.97 Å². The fourth-order valence-corrected chi connectivity index (χ4v) is 1.22. The average molecular weight is 235 g/mol. The van der Waals surface area contributed by atoms with E-state index in [0.717, 1.165) is 19.3 Å². The lowest BCUT2D eigenvalue weighted by molar-refractivity contribution is 0.0498. The van der Waals surface area contributed by atoms with Crippen LogP contribution in [0.5, 0.6) is 0 Å². The molecule has 92 valence electrons. The molecule has 0 aliphatic carbocycles. The van der Waals surface area contributed by atoms with Gasteiger partial charge >= 0.3 is 5.97 Å². The van der Waals surface area contributed by atoms with Crippen molar-refractivity contribution in [2.45, 2.75) is 26.2 Å². The first kappa shape index (κ1) is 14.9. The zero-order valence-corrected chi connectivity index (χ0v) is 9.93. The maximum atomic E-state index is 11.5. The van der Waals surface area contributed by atoms with Gasteiger partial charge in [-0.1, -0.05) is 19.8 Å². The van der Waals surface area contributed by atoms with Gasteiger partial charge in [0.1, 0.15) is 0 Å². The van der Waals surface area contributed by atoms with Crippen LogP contribution in [0.2, 0.25) is 0 Å². The van der Waals surface area contributed by atoms with E-state index in [0.29, 0.717) is 17.9 Å². The van der Waals surface area contributed by atoms with E-state index in [9.17, 15) is 4.79 Å². The molecule has 17 heavy (non-hydrogen) atoms. The van der Waals surface area contributed by atoms with Crippen molar-refractivity contribution >= 4 is 11.7 Å². The van der Waals surface area contributed by atoms with Crippen LogP contribution in [-0.4, -0.2) is 12.6 Å². The van der Waals surface area contributed by atoms with Crippen LogP contribution in [0.3, 0.4) is 0 Å². The Bertz CT molecular complexity index is 347. The maximum Gasteiger partial charge on any atom is 0.338 e. The fraction of sp³-hybridized carbons (Fsp3) is 0.417. The van der Waals surface area contributed by atoms with Crippen LogP contribution in [0, 0.1) is 10.8 Å². The van der Waals surface area contributed by atoms with Crippen LogP contribution < -0.4 is 5.73 Å². The summed E-state index contributed by atoms with van der Waals surface area (Å²) in [6, 6.07) is 6.75. The Morgan fingerprint density at radius 2 is 1.82 bits per heavy atom. The molecule has 0 aliphatic heterocycles. The van der Waals surface area contributed by atoms with Crippen LogP contribution in [0.1, 0.15) is 36.5 Å². The van der Waals surface area contributed by atoms with Gasteiger partial charge in [0.05, 0.1) is 12.2 Å². The molecule has 1 aromatic carbocycles. The first-order valence-electron chi connectivity index (χ1n) is 5.46. The number of anilines is 1. The van der Waals surface area contributed by atoms with Gasteiger partial charge in [-0.15, -0.1) is 0 Å². The zero-order valence-electron chi connectivity index (χ0n) is 9.93. The standard InChI is InChI=1S/C12H17NO2.N2/c1-2-3-4-9-15-12(14)10-5-7-11(13)8-6-10;1-2/h5-8H,2-4,9,13H2,1H3;. The molecule has 0 atom stereocenters. The lowest BCUT2D eigenvalue weighted by atomic mass is 10.2. The van der Waals surface area contributed by atoms with Crippen LogP contribution in [0.25, 0.3) is 0 Å². The number of nitrogens with zero attached hydrogens (tertiary/aromatic N) is 2. The number of nitrogen functional groups attached to an aromatic ring is 1. The normalized spacial score (nSPS) is 8.88. The largest absolute Gasteiger partial charge is 0.462 e. The summed E-state index contributed by atoms with van der Waals surface area (Å²) in [6.07, 6.45) is 3.14. The number of rotatable bonds is 5. The highest BCUT2D eigenvalue weighted by Gasteiger charge is 2.05. The van der Waals surface area contributed by atoms with Gasteiger partial charge < -0.3 is 10.5 Å². The summed E-state index contributed by atoms with van der Waals surface area (Å²) >= 11 is 0. The SMILES string of the molecule is CCCCCOC(=O)c1ccc(N)cc1.N#N. The van der Waals surface area contributed by atoms with Gasteiger partial charge in [0, 0.05) is 16.5 Å². The molecule has 1 rings (SSSR count). The summed E-state index contributed by atoms with van der Waals surface area (Å²) in [5.74, 6) is -0.272. The number of hydrogen-bond acceptors (Lipinski definition) is 5. The molecule has 0 saturated carbocycles. The molecule has 0 amide bonds. The van der Waals surface area contributed by atoms with Crippen LogP contribution in [0.15, 0.2) is 24.3 Å². The van der Waals surface area contributed by atoms with Crippen molar-refractivity contribution in [1.29, 1.82) is 10.8 Å². The van der Waals surface area contributed by atoms with Crippen molar-refractivity contribution in [2.24, 2.45) is 0 Å². The fourth-order valence-electron chi connectivity index (χ4n) is 1.22. The number of ether oxygens (including phenoxy) is 1. The Morgan fingerprint density at radius 3 is 2.35 bits per heavy atom. The molecule has 0 saturated heterocycles. The predicted molar refractivity (Wildman–Crippen MR) is 64.1 cm³/mol. The Kier molecular flexibility index (Phi) is 8.03. The quantitative estimate of drug-likeness (QED) is 0.366. The molecule has 5 heteroatoms. The van der Waals surface area contributed by atoms with E-state index >= 15 is 0 Å². The lowest BCUT2D eigenvalue weighted by Gasteiger charge is -2.04. The minimum absolute atomic E-state index is 0.272. The first-order valence-corrected chi connectivity index (χ1v) is 5.46. The van der Waals surface area contributed by atoms with Gasteiger partial charge in [0.15, 0.2) is 0 Å². The van der Waals surface area contributed by atoms with E-state index in [1.54, 1.807) is 24.3 Å². The van der Waals surface area contributed by atoms with E-state index < -0.39 is 0 Å². The van der Waals surface area contributed by atoms with Crippen molar-refractivity contribution in [1.82, 2.24) is 0 Å². The summed E-state index contributed by atoms with van der Waals surface area (Å²) in [4.78, 5) is 11.5. The number of benzene rings is 1. The molecule has 0 spiro atoms. The monoisotopic (exact) mass is 235 g/mol. The van der Waals surface area contributed by atoms with Crippen molar-refractivity contribution in [3.63, 3.8) is 0 Å². The molecule has 5 nitrogen and oxygen atoms in total. The molecule has 0 aliphatic rings. The molecule has 1 aromatic rings. The molecule has 0 heterocycles. The molecule has 0 unspecified atom stereocenters. The molecule has 2 N–H and O–H groups in total. The van der Waals surface area contributed by atoms with E-state index in [4.69, 9.17) is 21.3 Å². The number of carbonyl (C=O) groups excluding carboxylic acids is 1. The topological polar surface area (TPSA) is 99.9 Å². The Morgan fingerprint density at radius 1 is 1.24 bits per heavy atom. The highest BCUT2D eigenvalue weighted by Crippen LogP contribution is 2.07. The Hall–Kier alpha value is -2.09. The summed E-state index contributed by atoms with van der Waals surface area (Å²) < 4.78 is 5.09. The summed E-state index contributed by atoms with van der Waals surface area (Å²) in [5.41, 5.74) is 6.72. The van der Waals surface area contributed by atoms with Gasteiger partial charge in [-0.25, -0.2) is 4.79 Å². The van der Waals surface area contributed by atoms with Gasteiger partial charge in [0.25, 0.3) is 0 Å². The van der Waals surface area contributed by atoms with Crippen LogP contribution >= 0.6 is 0 Å². The Balaban J connectivity index is 0.00000121. The first-order chi connectivity index (χ1) is 8.24. The van der Waals surface area contributed by atoms with E-state index in [1.165, 1.54) is 0 Å². The van der Waals surface area contributed by atoms with E-state index in [2.05, 4.69) is 6.92 Å². The third-order valence-electron chi connectivity index (χ3n) is 2.13. The summed E-state index contributed by atoms with van der Waals surface area (Å²) in [6.45, 7) is 2.61. The highest BCUT2D eigenvalue weighted by molar-refractivity contribution is 5.89. The van der Waals surface area contributed by atoms with Crippen LogP contribution in [-0.2, 0) is 4.74 Å². The second-order valence-electron chi connectivity index (χ2n) is 3.47. The second kappa shape index (κ2) is 9.16. The number of esters is 1. The van der Waals surface area contributed by atoms with Gasteiger partial charge in [0.2, 0.25) is 0 Å². The molecular formula is C12H17N3O2. The molecule has 0 fully saturated rings. The zero-order chi connectivity index (χ0) is 13.1. The minimum atomic E-state index is -0.272. The molecular weight excluding hydrogens is 218 g/mol. The smallest absolute Gasteiger partial charge is 0.338 e. The third kappa shape index (κ3) is 6.15. The van der Waals surface area contributed by atoms with Crippen molar-refractivity contribution in [2.75, 3.05) is 12.3 Å². The van der Waals surface area contributed by atoms with Crippen molar-refractivity contribution in [3.8, 4) is 0 Å². The second-order valence-corrected chi connectivity index (χ2v) is 3.47. The number of hydrogen-bond donors (Lipinski definition) is 1. The van der Waals surface area contributed by atoms with Crippen molar-refractivity contribution < 1.29 is 9.53 Å². The molecule has 0 bridgehead atoms. The van der Waals surface area contributed by atoms with Crippen LogP contribution in [0.4, 0.5) is 5.69 Å². The van der Waals surface area contributed by atoms with Gasteiger partial charge in [-0.3, -0.25) is 0 Å². The number of nitrogens with two attached hydrogens (primary N) is 1. The van der Waals surface area contributed by atoms with E-state index in [1.807, 2.05) is 0 Å². The van der Waals surface area contributed by atoms with Gasteiger partial charge in [-0.2, -0.15) is 0 Å². The average Bonchev–Trinajstić information content (AvgIpc) is 2.38. The highest BCUT2D eigenvalue weighted by atomic mass is 16.5. The van der Waals surface area contributed by atoms with Crippen molar-refractivity contribution in [3.05, 3.63) is 29.8 Å². The maximum absolute atomic E-state index is 11.5. The Labute approximate surface area is 101 Å².